The van der Waals surface area contributed by atoms with Crippen LogP contribution < -0.4 is 10.5 Å². The lowest BCUT2D eigenvalue weighted by Gasteiger charge is -2.36. The third-order valence-electron chi connectivity index (χ3n) is 6.19. The number of aromatic nitrogens is 3. The molecule has 0 radical (unpaired) electrons. The zero-order valence-electron chi connectivity index (χ0n) is 19.3. The van der Waals surface area contributed by atoms with Gasteiger partial charge >= 0.3 is 6.18 Å². The maximum absolute atomic E-state index is 15.2. The molecule has 2 N–H and O–H groups in total. The quantitative estimate of drug-likeness (QED) is 0.415. The van der Waals surface area contributed by atoms with E-state index in [-0.39, 0.29) is 35.5 Å². The number of halogens is 4. The molecular formula is C23H17F4N5O2. The van der Waals surface area contributed by atoms with Crippen molar-refractivity contribution >= 4 is 28.3 Å². The van der Waals surface area contributed by atoms with E-state index >= 15 is 4.39 Å². The Hall–Kier alpha value is -3.89. The average molecular weight is 473 g/mol. The molecule has 1 saturated heterocycles. The van der Waals surface area contributed by atoms with Crippen molar-refractivity contribution in [1.29, 1.82) is 0 Å². The molecule has 34 heavy (non-hydrogen) atoms. The van der Waals surface area contributed by atoms with Gasteiger partial charge in [-0.1, -0.05) is 6.07 Å². The molecule has 0 aliphatic carbocycles. The van der Waals surface area contributed by atoms with Gasteiger partial charge in [0.2, 0.25) is 0 Å². The van der Waals surface area contributed by atoms with Gasteiger partial charge in [0.1, 0.15) is 29.0 Å². The first-order chi connectivity index (χ1) is 17.0. The van der Waals surface area contributed by atoms with Crippen LogP contribution in [0.1, 0.15) is 43.1 Å². The van der Waals surface area contributed by atoms with E-state index in [2.05, 4.69) is 9.97 Å². The number of nitrogens with two attached hydrogens (primary N) is 1. The zero-order chi connectivity index (χ0) is 25.6. The topological polar surface area (TPSA) is 85.8 Å². The first kappa shape index (κ1) is 18.5. The Bertz CT molecular complexity index is 1570. The van der Waals surface area contributed by atoms with E-state index in [0.29, 0.717) is 11.0 Å². The number of imidazole rings is 1. The number of hydrogen-bond donors (Lipinski definition) is 1. The summed E-state index contributed by atoms with van der Waals surface area (Å²) >= 11 is 0. The van der Waals surface area contributed by atoms with Gasteiger partial charge in [-0.25, -0.2) is 14.4 Å². The highest BCUT2D eigenvalue weighted by Gasteiger charge is 2.44. The highest BCUT2D eigenvalue weighted by atomic mass is 19.4. The molecule has 2 aromatic carbocycles. The predicted octanol–water partition coefficient (Wildman–Crippen LogP) is 4.36. The number of nitrogens with zero attached hydrogens (tertiary/aromatic N) is 4. The van der Waals surface area contributed by atoms with Crippen molar-refractivity contribution < 1.29 is 29.8 Å². The summed E-state index contributed by atoms with van der Waals surface area (Å²) in [6.45, 7) is -2.21. The Morgan fingerprint density at radius 1 is 1.24 bits per heavy atom. The van der Waals surface area contributed by atoms with Gasteiger partial charge in [-0.15, -0.1) is 0 Å². The van der Waals surface area contributed by atoms with Crippen LogP contribution in [-0.4, -0.2) is 37.8 Å². The fraction of sp³-hybridized carbons (Fsp3) is 0.261. The summed E-state index contributed by atoms with van der Waals surface area (Å²) in [5.74, 6) is -1.86. The monoisotopic (exact) mass is 473 g/mol. The number of hydrogen-bond acceptors (Lipinski definition) is 5. The molecule has 0 spiro atoms. The number of rotatable bonds is 1. The standard InChI is InChI=1S/C23H17F4N5O2/c24-14-8-15-16(32-10-29-9-17(32)21(28)30-15)7-13(14)22(33)31-5-1-2-18-20(31)12-4-3-11(23(25,26)27)6-19(12)34-18/h3-4,6-10,18,20H,1-2,5H2,(H2,28,30)/t18-,20-/m0/s1/i5D2. The summed E-state index contributed by atoms with van der Waals surface area (Å²) in [5, 5.41) is 0. The van der Waals surface area contributed by atoms with Crippen molar-refractivity contribution in [3.63, 3.8) is 0 Å². The van der Waals surface area contributed by atoms with Gasteiger partial charge in [-0.2, -0.15) is 13.2 Å². The molecule has 6 rings (SSSR count). The smallest absolute Gasteiger partial charge is 0.416 e. The molecule has 0 bridgehead atoms. The number of carbonyl (C=O) groups is 1. The van der Waals surface area contributed by atoms with Crippen molar-refractivity contribution in [2.24, 2.45) is 0 Å². The number of piperidine rings is 1. The van der Waals surface area contributed by atoms with E-state index in [0.717, 1.165) is 23.1 Å². The molecule has 1 amide bonds. The lowest BCUT2D eigenvalue weighted by atomic mass is 9.93. The third kappa shape index (κ3) is 2.99. The molecule has 1 fully saturated rings. The lowest BCUT2D eigenvalue weighted by Crippen LogP contribution is -2.44. The Labute approximate surface area is 192 Å². The molecule has 2 aliphatic rings. The number of amides is 1. The summed E-state index contributed by atoms with van der Waals surface area (Å²) < 4.78 is 79.2. The third-order valence-corrected chi connectivity index (χ3v) is 6.19. The number of fused-ring (bicyclic) bond motifs is 6. The first-order valence-corrected chi connectivity index (χ1v) is 10.4. The second-order valence-corrected chi connectivity index (χ2v) is 8.19. The highest BCUT2D eigenvalue weighted by molar-refractivity contribution is 5.99. The Balaban J connectivity index is 1.48. The fourth-order valence-corrected chi connectivity index (χ4v) is 4.62. The SMILES string of the molecule is [2H]C1([2H])CC[C@@H]2Oc3cc(C(F)(F)F)ccc3[C@@H]2N1C(=O)c1cc2c(cc1F)nc(N)c1cncn12. The van der Waals surface area contributed by atoms with Gasteiger partial charge < -0.3 is 15.4 Å². The van der Waals surface area contributed by atoms with E-state index in [9.17, 15) is 18.0 Å². The second-order valence-electron chi connectivity index (χ2n) is 8.19. The first-order valence-electron chi connectivity index (χ1n) is 11.4. The van der Waals surface area contributed by atoms with E-state index < -0.39 is 47.7 Å². The molecule has 2 aliphatic heterocycles. The van der Waals surface area contributed by atoms with Crippen LogP contribution in [0.15, 0.2) is 42.9 Å². The van der Waals surface area contributed by atoms with Gasteiger partial charge in [-0.05, 0) is 31.0 Å². The maximum Gasteiger partial charge on any atom is 0.416 e. The van der Waals surface area contributed by atoms with Crippen molar-refractivity contribution in [2.45, 2.75) is 31.2 Å². The molecule has 0 saturated carbocycles. The number of anilines is 1. The largest absolute Gasteiger partial charge is 0.488 e. The van der Waals surface area contributed by atoms with Crippen molar-refractivity contribution in [2.75, 3.05) is 12.2 Å². The van der Waals surface area contributed by atoms with Crippen LogP contribution >= 0.6 is 0 Å². The Morgan fingerprint density at radius 3 is 2.85 bits per heavy atom. The average Bonchev–Trinajstić information content (AvgIpc) is 3.42. The number of alkyl halides is 3. The van der Waals surface area contributed by atoms with E-state index in [1.165, 1.54) is 29.1 Å². The summed E-state index contributed by atoms with van der Waals surface area (Å²) in [6, 6.07) is 4.13. The van der Waals surface area contributed by atoms with Crippen LogP contribution in [0.4, 0.5) is 23.4 Å². The summed E-state index contributed by atoms with van der Waals surface area (Å²) in [4.78, 5) is 22.8. The van der Waals surface area contributed by atoms with E-state index in [1.807, 2.05) is 0 Å². The van der Waals surface area contributed by atoms with Gasteiger partial charge in [0.15, 0.2) is 0 Å². The normalized spacial score (nSPS) is 22.2. The van der Waals surface area contributed by atoms with Crippen molar-refractivity contribution in [3.8, 4) is 5.75 Å². The molecule has 7 nitrogen and oxygen atoms in total. The van der Waals surface area contributed by atoms with Gasteiger partial charge in [-0.3, -0.25) is 9.20 Å². The van der Waals surface area contributed by atoms with Crippen molar-refractivity contribution in [3.05, 3.63) is 65.4 Å². The van der Waals surface area contributed by atoms with Crippen LogP contribution in [-0.2, 0) is 6.18 Å². The molecule has 2 atom stereocenters. The number of carbonyl (C=O) groups excluding carboxylic acids is 1. The van der Waals surface area contributed by atoms with E-state index in [1.54, 1.807) is 0 Å². The van der Waals surface area contributed by atoms with Crippen molar-refractivity contribution in [1.82, 2.24) is 19.3 Å². The minimum absolute atomic E-state index is 0.0749. The van der Waals surface area contributed by atoms with Crippen LogP contribution in [0, 0.1) is 5.82 Å². The summed E-state index contributed by atoms with van der Waals surface area (Å²) in [5.41, 5.74) is 5.74. The van der Waals surface area contributed by atoms with Crippen LogP contribution in [0.2, 0.25) is 0 Å². The van der Waals surface area contributed by atoms with Crippen LogP contribution in [0.5, 0.6) is 5.75 Å². The Morgan fingerprint density at radius 2 is 2.06 bits per heavy atom. The molecule has 4 heterocycles. The second kappa shape index (κ2) is 7.05. The Kier molecular flexibility index (Phi) is 3.84. The van der Waals surface area contributed by atoms with Gasteiger partial charge in [0, 0.05) is 20.9 Å². The lowest BCUT2D eigenvalue weighted by molar-refractivity contribution is -0.137. The van der Waals surface area contributed by atoms with Gasteiger partial charge in [0.25, 0.3) is 5.91 Å². The summed E-state index contributed by atoms with van der Waals surface area (Å²) in [6.07, 6.45) is -2.46. The number of likely N-dealkylation sites (tertiary alicyclic amines) is 1. The molecule has 2 aromatic heterocycles. The minimum atomic E-state index is -4.60. The number of nitrogen functional groups attached to an aromatic ring is 1. The predicted molar refractivity (Wildman–Crippen MR) is 114 cm³/mol. The minimum Gasteiger partial charge on any atom is -0.488 e. The molecule has 0 unspecified atom stereocenters. The summed E-state index contributed by atoms with van der Waals surface area (Å²) in [7, 11) is 0. The molecule has 174 valence electrons. The zero-order valence-corrected chi connectivity index (χ0v) is 17.3. The van der Waals surface area contributed by atoms with Gasteiger partial charge in [0.05, 0.1) is 40.7 Å². The fourth-order valence-electron chi connectivity index (χ4n) is 4.62. The number of benzene rings is 2. The molecule has 11 heteroatoms. The number of ether oxygens (including phenoxy) is 1. The maximum atomic E-state index is 15.2. The molecular weight excluding hydrogens is 454 g/mol. The van der Waals surface area contributed by atoms with Crippen LogP contribution in [0.3, 0.4) is 0 Å². The highest BCUT2D eigenvalue weighted by Crippen LogP contribution is 2.47. The van der Waals surface area contributed by atoms with E-state index in [4.69, 9.17) is 13.2 Å². The van der Waals surface area contributed by atoms with Crippen LogP contribution in [0.25, 0.3) is 16.6 Å². The molecule has 4 aromatic rings.